The van der Waals surface area contributed by atoms with Crippen molar-refractivity contribution in [2.75, 3.05) is 0 Å². The van der Waals surface area contributed by atoms with Crippen molar-refractivity contribution in [2.45, 2.75) is 40.7 Å². The summed E-state index contributed by atoms with van der Waals surface area (Å²) in [6.07, 6.45) is 1.81. The van der Waals surface area contributed by atoms with Crippen molar-refractivity contribution in [3.63, 3.8) is 0 Å². The number of halogens is 1. The molecule has 0 fully saturated rings. The van der Waals surface area contributed by atoms with Crippen LogP contribution in [0.2, 0.25) is 0 Å². The second-order valence-corrected chi connectivity index (χ2v) is 5.30. The van der Waals surface area contributed by atoms with E-state index in [2.05, 4.69) is 36.4 Å². The van der Waals surface area contributed by atoms with Gasteiger partial charge >= 0.3 is 0 Å². The smallest absolute Gasteiger partial charge is 0.123 e. The van der Waals surface area contributed by atoms with Crippen LogP contribution in [0, 0.1) is 12.7 Å². The van der Waals surface area contributed by atoms with Gasteiger partial charge in [-0.15, -0.1) is 0 Å². The monoisotopic (exact) mass is 298 g/mol. The predicted octanol–water partition coefficient (Wildman–Crippen LogP) is 5.76. The van der Waals surface area contributed by atoms with Gasteiger partial charge in [0, 0.05) is 23.5 Å². The summed E-state index contributed by atoms with van der Waals surface area (Å²) in [7, 11) is 0. The van der Waals surface area contributed by atoms with E-state index in [1.165, 1.54) is 17.8 Å². The molecule has 0 aliphatic carbocycles. The molecule has 2 aromatic heterocycles. The number of hydrogen-bond acceptors (Lipinski definition) is 1. The van der Waals surface area contributed by atoms with E-state index in [1.807, 2.05) is 32.0 Å². The second-order valence-electron chi connectivity index (χ2n) is 5.30. The lowest BCUT2D eigenvalue weighted by Gasteiger charge is -2.12. The standard InChI is InChI=1S/C17H17FN2.C2H6/c1-11(2)20-12(3)16(13-6-8-14(18)9-7-13)17-15(20)5-4-10-19-17;1-2/h4-11H,1-3H3;1-2H3. The van der Waals surface area contributed by atoms with E-state index in [0.717, 1.165) is 22.2 Å². The highest BCUT2D eigenvalue weighted by molar-refractivity contribution is 5.95. The fraction of sp³-hybridized carbons (Fsp3) is 0.316. The van der Waals surface area contributed by atoms with Gasteiger partial charge in [-0.3, -0.25) is 4.98 Å². The Kier molecular flexibility index (Phi) is 4.96. The number of hydrogen-bond donors (Lipinski definition) is 0. The summed E-state index contributed by atoms with van der Waals surface area (Å²) in [6.45, 7) is 10.4. The zero-order valence-corrected chi connectivity index (χ0v) is 13.9. The van der Waals surface area contributed by atoms with E-state index in [9.17, 15) is 4.39 Å². The average Bonchev–Trinajstić information content (AvgIpc) is 2.82. The van der Waals surface area contributed by atoms with Crippen molar-refractivity contribution in [1.82, 2.24) is 9.55 Å². The zero-order valence-electron chi connectivity index (χ0n) is 13.9. The van der Waals surface area contributed by atoms with Gasteiger partial charge in [0.2, 0.25) is 0 Å². The van der Waals surface area contributed by atoms with E-state index >= 15 is 0 Å². The van der Waals surface area contributed by atoms with Gasteiger partial charge in [-0.05, 0) is 50.6 Å². The topological polar surface area (TPSA) is 17.8 Å². The fourth-order valence-corrected chi connectivity index (χ4v) is 2.88. The first-order valence-electron chi connectivity index (χ1n) is 7.81. The van der Waals surface area contributed by atoms with Gasteiger partial charge in [0.05, 0.1) is 11.0 Å². The maximum absolute atomic E-state index is 13.1. The molecule has 0 amide bonds. The minimum absolute atomic E-state index is 0.216. The predicted molar refractivity (Wildman–Crippen MR) is 91.6 cm³/mol. The molecule has 3 aromatic rings. The van der Waals surface area contributed by atoms with E-state index < -0.39 is 0 Å². The molecule has 1 aromatic carbocycles. The lowest BCUT2D eigenvalue weighted by atomic mass is 10.1. The molecule has 116 valence electrons. The molecule has 0 bridgehead atoms. The Morgan fingerprint density at radius 1 is 1.05 bits per heavy atom. The van der Waals surface area contributed by atoms with Gasteiger partial charge in [0.1, 0.15) is 5.82 Å². The summed E-state index contributed by atoms with van der Waals surface area (Å²) in [5.74, 6) is -0.216. The molecular formula is C19H23FN2. The molecule has 0 aliphatic rings. The Balaban J connectivity index is 0.000000847. The molecule has 0 saturated heterocycles. The number of benzene rings is 1. The van der Waals surface area contributed by atoms with Crippen LogP contribution in [0.1, 0.15) is 39.4 Å². The van der Waals surface area contributed by atoms with Gasteiger partial charge in [-0.25, -0.2) is 4.39 Å². The third-order valence-electron chi connectivity index (χ3n) is 3.66. The molecule has 0 radical (unpaired) electrons. The Hall–Kier alpha value is -2.16. The molecule has 3 rings (SSSR count). The molecule has 0 atom stereocenters. The summed E-state index contributed by atoms with van der Waals surface area (Å²) in [5, 5.41) is 0. The van der Waals surface area contributed by atoms with Crippen molar-refractivity contribution in [2.24, 2.45) is 0 Å². The van der Waals surface area contributed by atoms with Gasteiger partial charge in [-0.2, -0.15) is 0 Å². The number of aromatic nitrogens is 2. The summed E-state index contributed by atoms with van der Waals surface area (Å²) >= 11 is 0. The molecule has 2 heterocycles. The lowest BCUT2D eigenvalue weighted by molar-refractivity contribution is 0.608. The Morgan fingerprint density at radius 3 is 2.27 bits per heavy atom. The van der Waals surface area contributed by atoms with Crippen molar-refractivity contribution >= 4 is 11.0 Å². The third kappa shape index (κ3) is 2.76. The Bertz CT molecular complexity index is 755. The highest BCUT2D eigenvalue weighted by Gasteiger charge is 2.17. The minimum Gasteiger partial charge on any atom is -0.340 e. The SMILES string of the molecule is CC.Cc1c(-c2ccc(F)cc2)c2ncccc2n1C(C)C. The van der Waals surface area contributed by atoms with Crippen LogP contribution in [-0.4, -0.2) is 9.55 Å². The van der Waals surface area contributed by atoms with Crippen LogP contribution in [0.25, 0.3) is 22.2 Å². The van der Waals surface area contributed by atoms with Crippen LogP contribution in [0.15, 0.2) is 42.6 Å². The maximum Gasteiger partial charge on any atom is 0.123 e. The second kappa shape index (κ2) is 6.73. The lowest BCUT2D eigenvalue weighted by Crippen LogP contribution is -2.02. The van der Waals surface area contributed by atoms with Gasteiger partial charge in [-0.1, -0.05) is 26.0 Å². The van der Waals surface area contributed by atoms with Crippen LogP contribution in [-0.2, 0) is 0 Å². The van der Waals surface area contributed by atoms with Crippen LogP contribution in [0.3, 0.4) is 0 Å². The molecule has 0 spiro atoms. The molecule has 0 saturated carbocycles. The van der Waals surface area contributed by atoms with Crippen molar-refractivity contribution in [3.8, 4) is 11.1 Å². The van der Waals surface area contributed by atoms with E-state index in [1.54, 1.807) is 6.20 Å². The van der Waals surface area contributed by atoms with Crippen molar-refractivity contribution in [1.29, 1.82) is 0 Å². The molecule has 22 heavy (non-hydrogen) atoms. The molecule has 3 heteroatoms. The largest absolute Gasteiger partial charge is 0.340 e. The highest BCUT2D eigenvalue weighted by Crippen LogP contribution is 2.35. The third-order valence-corrected chi connectivity index (χ3v) is 3.66. The number of pyridine rings is 1. The zero-order chi connectivity index (χ0) is 16.3. The minimum atomic E-state index is -0.216. The fourth-order valence-electron chi connectivity index (χ4n) is 2.88. The normalized spacial score (nSPS) is 10.7. The quantitative estimate of drug-likeness (QED) is 0.588. The van der Waals surface area contributed by atoms with Crippen LogP contribution in [0.4, 0.5) is 4.39 Å². The highest BCUT2D eigenvalue weighted by atomic mass is 19.1. The van der Waals surface area contributed by atoms with Crippen molar-refractivity contribution in [3.05, 3.63) is 54.1 Å². The van der Waals surface area contributed by atoms with E-state index in [-0.39, 0.29) is 5.82 Å². The first-order valence-corrected chi connectivity index (χ1v) is 7.81. The Morgan fingerprint density at radius 2 is 1.68 bits per heavy atom. The van der Waals surface area contributed by atoms with Crippen LogP contribution >= 0.6 is 0 Å². The summed E-state index contributed by atoms with van der Waals surface area (Å²) in [5.41, 5.74) is 5.37. The Labute approximate surface area is 131 Å². The number of fused-ring (bicyclic) bond motifs is 1. The van der Waals surface area contributed by atoms with E-state index in [4.69, 9.17) is 0 Å². The molecule has 0 unspecified atom stereocenters. The number of rotatable bonds is 2. The van der Waals surface area contributed by atoms with E-state index in [0.29, 0.717) is 6.04 Å². The van der Waals surface area contributed by atoms with Gasteiger partial charge < -0.3 is 4.57 Å². The summed E-state index contributed by atoms with van der Waals surface area (Å²) in [4.78, 5) is 4.53. The molecule has 0 N–H and O–H groups in total. The van der Waals surface area contributed by atoms with Crippen LogP contribution in [0.5, 0.6) is 0 Å². The van der Waals surface area contributed by atoms with Gasteiger partial charge in [0.25, 0.3) is 0 Å². The summed E-state index contributed by atoms with van der Waals surface area (Å²) < 4.78 is 15.4. The van der Waals surface area contributed by atoms with Crippen molar-refractivity contribution < 1.29 is 4.39 Å². The maximum atomic E-state index is 13.1. The first-order chi connectivity index (χ1) is 10.6. The molecule has 2 nitrogen and oxygen atoms in total. The summed E-state index contributed by atoms with van der Waals surface area (Å²) in [6, 6.07) is 11.0. The van der Waals surface area contributed by atoms with Gasteiger partial charge in [0.15, 0.2) is 0 Å². The molecule has 0 aliphatic heterocycles. The number of nitrogens with zero attached hydrogens (tertiary/aromatic N) is 2. The van der Waals surface area contributed by atoms with Crippen LogP contribution < -0.4 is 0 Å². The first kappa shape index (κ1) is 16.2. The average molecular weight is 298 g/mol. The molecular weight excluding hydrogens is 275 g/mol.